The Morgan fingerprint density at radius 1 is 1.15 bits per heavy atom. The zero-order chi connectivity index (χ0) is 18.7. The first-order valence-corrected chi connectivity index (χ1v) is 8.71. The van der Waals surface area contributed by atoms with Crippen LogP contribution >= 0.6 is 0 Å². The molecule has 138 valence electrons. The molecule has 0 bridgehead atoms. The van der Waals surface area contributed by atoms with E-state index < -0.39 is 0 Å². The number of esters is 1. The Hall–Kier alpha value is -2.37. The maximum Gasteiger partial charge on any atom is 0.303 e. The molecule has 0 aromatic heterocycles. The number of rotatable bonds is 5. The molecule has 2 atom stereocenters. The van der Waals surface area contributed by atoms with Gasteiger partial charge in [-0.2, -0.15) is 0 Å². The van der Waals surface area contributed by atoms with Crippen LogP contribution in [0.3, 0.4) is 0 Å². The second-order valence-corrected chi connectivity index (χ2v) is 6.63. The lowest BCUT2D eigenvalue weighted by atomic mass is 9.94. The number of carbonyl (C=O) groups is 1. The van der Waals surface area contributed by atoms with Gasteiger partial charge in [0.25, 0.3) is 0 Å². The molecule has 1 fully saturated rings. The molecule has 1 aliphatic heterocycles. The molecule has 0 amide bonds. The van der Waals surface area contributed by atoms with Crippen molar-refractivity contribution in [1.82, 2.24) is 0 Å². The van der Waals surface area contributed by atoms with Gasteiger partial charge in [0.05, 0.1) is 19.8 Å². The van der Waals surface area contributed by atoms with Gasteiger partial charge in [-0.3, -0.25) is 4.79 Å². The van der Waals surface area contributed by atoms with Gasteiger partial charge in [0.1, 0.15) is 5.75 Å². The van der Waals surface area contributed by atoms with E-state index in [9.17, 15) is 9.90 Å². The van der Waals surface area contributed by atoms with Crippen molar-refractivity contribution in [3.63, 3.8) is 0 Å². The Bertz CT molecular complexity index is 776. The van der Waals surface area contributed by atoms with Gasteiger partial charge in [0, 0.05) is 6.92 Å². The number of aliphatic hydroxyl groups is 1. The third-order valence-corrected chi connectivity index (χ3v) is 4.49. The first kappa shape index (κ1) is 18.4. The molecule has 26 heavy (non-hydrogen) atoms. The molecule has 0 spiro atoms. The van der Waals surface area contributed by atoms with E-state index in [1.807, 2.05) is 50.2 Å². The normalized spacial score (nSPS) is 19.4. The van der Waals surface area contributed by atoms with Crippen LogP contribution in [-0.4, -0.2) is 36.5 Å². The van der Waals surface area contributed by atoms with Crippen molar-refractivity contribution in [2.24, 2.45) is 0 Å². The summed E-state index contributed by atoms with van der Waals surface area (Å²) in [6, 6.07) is 11.9. The van der Waals surface area contributed by atoms with Gasteiger partial charge in [-0.15, -0.1) is 0 Å². The van der Waals surface area contributed by atoms with Gasteiger partial charge in [0.2, 0.25) is 0 Å². The molecular weight excluding hydrogens is 332 g/mol. The van der Waals surface area contributed by atoms with E-state index in [4.69, 9.17) is 14.2 Å². The number of benzene rings is 2. The topological polar surface area (TPSA) is 65.0 Å². The Labute approximate surface area is 153 Å². The summed E-state index contributed by atoms with van der Waals surface area (Å²) in [7, 11) is 0. The van der Waals surface area contributed by atoms with Crippen LogP contribution in [0.2, 0.25) is 0 Å². The molecular formula is C21H24O5. The largest absolute Gasteiger partial charge is 0.484 e. The van der Waals surface area contributed by atoms with E-state index in [0.29, 0.717) is 13.2 Å². The standard InChI is InChI=1S/C21H24O5/c1-13-7-18(26-20-12-24-11-19(20)25-15(3)23)8-14(2)21(13)17-6-4-5-16(9-17)10-22/h4-9,19-20,22H,10-12H2,1-3H3/t19-,20-/m1/s1. The zero-order valence-electron chi connectivity index (χ0n) is 15.3. The fourth-order valence-electron chi connectivity index (χ4n) is 3.40. The van der Waals surface area contributed by atoms with Gasteiger partial charge in [0.15, 0.2) is 12.2 Å². The first-order valence-electron chi connectivity index (χ1n) is 8.71. The summed E-state index contributed by atoms with van der Waals surface area (Å²) in [4.78, 5) is 11.2. The third kappa shape index (κ3) is 4.06. The van der Waals surface area contributed by atoms with Crippen molar-refractivity contribution >= 4 is 5.97 Å². The lowest BCUT2D eigenvalue weighted by Crippen LogP contribution is -2.33. The van der Waals surface area contributed by atoms with Crippen LogP contribution in [0, 0.1) is 13.8 Å². The minimum Gasteiger partial charge on any atom is -0.484 e. The minimum atomic E-state index is -0.381. The molecule has 0 saturated carbocycles. The van der Waals surface area contributed by atoms with E-state index >= 15 is 0 Å². The van der Waals surface area contributed by atoms with Crippen LogP contribution in [0.1, 0.15) is 23.6 Å². The Morgan fingerprint density at radius 2 is 1.85 bits per heavy atom. The highest BCUT2D eigenvalue weighted by Crippen LogP contribution is 2.32. The zero-order valence-corrected chi connectivity index (χ0v) is 15.3. The van der Waals surface area contributed by atoms with Crippen molar-refractivity contribution in [3.05, 3.63) is 53.1 Å². The van der Waals surface area contributed by atoms with E-state index in [1.165, 1.54) is 6.92 Å². The van der Waals surface area contributed by atoms with E-state index in [0.717, 1.165) is 33.6 Å². The van der Waals surface area contributed by atoms with Crippen LogP contribution in [0.5, 0.6) is 5.75 Å². The highest BCUT2D eigenvalue weighted by molar-refractivity contribution is 5.72. The summed E-state index contributed by atoms with van der Waals surface area (Å²) in [5.74, 6) is 0.398. The number of hydrogen-bond acceptors (Lipinski definition) is 5. The number of aliphatic hydroxyl groups excluding tert-OH is 1. The molecule has 1 saturated heterocycles. The van der Waals surface area contributed by atoms with Crippen LogP contribution in [-0.2, 0) is 20.9 Å². The fraction of sp³-hybridized carbons (Fsp3) is 0.381. The van der Waals surface area contributed by atoms with Gasteiger partial charge < -0.3 is 19.3 Å². The molecule has 2 aromatic carbocycles. The number of hydrogen-bond donors (Lipinski definition) is 1. The molecule has 2 aromatic rings. The molecule has 0 aliphatic carbocycles. The van der Waals surface area contributed by atoms with Crippen LogP contribution in [0.4, 0.5) is 0 Å². The molecule has 0 unspecified atom stereocenters. The maximum atomic E-state index is 11.2. The molecule has 5 heteroatoms. The summed E-state index contributed by atoms with van der Waals surface area (Å²) in [6.45, 7) is 6.24. The highest BCUT2D eigenvalue weighted by Gasteiger charge is 2.33. The van der Waals surface area contributed by atoms with Crippen molar-refractivity contribution in [3.8, 4) is 16.9 Å². The highest BCUT2D eigenvalue weighted by atomic mass is 16.6. The molecule has 0 radical (unpaired) electrons. The summed E-state index contributed by atoms with van der Waals surface area (Å²) in [6.07, 6.45) is -0.685. The number of aryl methyl sites for hydroxylation is 2. The molecule has 1 N–H and O–H groups in total. The van der Waals surface area contributed by atoms with Crippen LogP contribution in [0.15, 0.2) is 36.4 Å². The quantitative estimate of drug-likeness (QED) is 0.834. The van der Waals surface area contributed by atoms with Gasteiger partial charge in [-0.1, -0.05) is 18.2 Å². The Balaban J connectivity index is 1.84. The van der Waals surface area contributed by atoms with Crippen molar-refractivity contribution in [1.29, 1.82) is 0 Å². The third-order valence-electron chi connectivity index (χ3n) is 4.49. The number of ether oxygens (including phenoxy) is 3. The number of carbonyl (C=O) groups excluding carboxylic acids is 1. The van der Waals surface area contributed by atoms with E-state index in [1.54, 1.807) is 0 Å². The molecule has 1 aliphatic rings. The summed E-state index contributed by atoms with van der Waals surface area (Å²) in [5.41, 5.74) is 5.25. The predicted molar refractivity (Wildman–Crippen MR) is 98.1 cm³/mol. The minimum absolute atomic E-state index is 0.0202. The maximum absolute atomic E-state index is 11.2. The molecule has 3 rings (SSSR count). The van der Waals surface area contributed by atoms with Crippen LogP contribution in [0.25, 0.3) is 11.1 Å². The summed E-state index contributed by atoms with van der Waals surface area (Å²) in [5, 5.41) is 9.37. The second kappa shape index (κ2) is 7.89. The SMILES string of the molecule is CC(=O)O[C@@H]1COC[C@H]1Oc1cc(C)c(-c2cccc(CO)c2)c(C)c1. The molecule has 5 nitrogen and oxygen atoms in total. The smallest absolute Gasteiger partial charge is 0.303 e. The lowest BCUT2D eigenvalue weighted by Gasteiger charge is -2.21. The predicted octanol–water partition coefficient (Wildman–Crippen LogP) is 3.17. The summed E-state index contributed by atoms with van der Waals surface area (Å²) >= 11 is 0. The summed E-state index contributed by atoms with van der Waals surface area (Å²) < 4.78 is 16.7. The Kier molecular flexibility index (Phi) is 5.59. The average molecular weight is 356 g/mol. The lowest BCUT2D eigenvalue weighted by molar-refractivity contribution is -0.149. The first-order chi connectivity index (χ1) is 12.5. The van der Waals surface area contributed by atoms with Crippen molar-refractivity contribution in [2.75, 3.05) is 13.2 Å². The van der Waals surface area contributed by atoms with Gasteiger partial charge in [-0.25, -0.2) is 0 Å². The van der Waals surface area contributed by atoms with E-state index in [-0.39, 0.29) is 24.8 Å². The van der Waals surface area contributed by atoms with Gasteiger partial charge >= 0.3 is 5.97 Å². The van der Waals surface area contributed by atoms with Crippen molar-refractivity contribution < 1.29 is 24.1 Å². The van der Waals surface area contributed by atoms with Gasteiger partial charge in [-0.05, 0) is 59.9 Å². The molecule has 1 heterocycles. The monoisotopic (exact) mass is 356 g/mol. The van der Waals surface area contributed by atoms with E-state index in [2.05, 4.69) is 0 Å². The van der Waals surface area contributed by atoms with Crippen LogP contribution < -0.4 is 4.74 Å². The van der Waals surface area contributed by atoms with Crippen molar-refractivity contribution in [2.45, 2.75) is 39.6 Å². The second-order valence-electron chi connectivity index (χ2n) is 6.63. The average Bonchev–Trinajstić information content (AvgIpc) is 3.00. The fourth-order valence-corrected chi connectivity index (χ4v) is 3.40. The Morgan fingerprint density at radius 3 is 2.50 bits per heavy atom.